The fraction of sp³-hybridized carbons (Fsp3) is 0.111. The van der Waals surface area contributed by atoms with Crippen LogP contribution in [-0.2, 0) is 0 Å². The van der Waals surface area contributed by atoms with E-state index in [1.54, 1.807) is 12.1 Å². The predicted octanol–water partition coefficient (Wildman–Crippen LogP) is 1.51. The van der Waals surface area contributed by atoms with E-state index in [0.29, 0.717) is 16.1 Å². The Hall–Kier alpha value is -1.55. The summed E-state index contributed by atoms with van der Waals surface area (Å²) in [6, 6.07) is 4.73. The zero-order valence-corrected chi connectivity index (χ0v) is 8.25. The van der Waals surface area contributed by atoms with Gasteiger partial charge in [-0.05, 0) is 12.1 Å². The van der Waals surface area contributed by atoms with Crippen molar-refractivity contribution < 1.29 is 10.0 Å². The fourth-order valence-corrected chi connectivity index (χ4v) is 1.21. The van der Waals surface area contributed by atoms with Crippen molar-refractivity contribution in [3.63, 3.8) is 0 Å². The molecule has 2 N–H and O–H groups in total. The van der Waals surface area contributed by atoms with Gasteiger partial charge in [-0.25, -0.2) is 0 Å². The van der Waals surface area contributed by atoms with Crippen LogP contribution in [0.5, 0.6) is 0 Å². The lowest BCUT2D eigenvalue weighted by Crippen LogP contribution is -2.19. The van der Waals surface area contributed by atoms with Crippen LogP contribution < -0.4 is 5.32 Å². The summed E-state index contributed by atoms with van der Waals surface area (Å²) in [4.78, 5) is 11.3. The Bertz CT molecular complexity index is 377. The van der Waals surface area contributed by atoms with E-state index in [2.05, 4.69) is 10.5 Å². The highest BCUT2D eigenvalue weighted by atomic mass is 35.5. The van der Waals surface area contributed by atoms with E-state index in [-0.39, 0.29) is 5.91 Å². The van der Waals surface area contributed by atoms with Gasteiger partial charge >= 0.3 is 0 Å². The summed E-state index contributed by atoms with van der Waals surface area (Å²) < 4.78 is 0. The number of nitrogens with one attached hydrogen (secondary N) is 1. The minimum absolute atomic E-state index is 0.276. The first-order valence-electron chi connectivity index (χ1n) is 3.88. The molecule has 0 aliphatic heterocycles. The highest BCUT2D eigenvalue weighted by Gasteiger charge is 2.08. The number of oxime groups is 1. The van der Waals surface area contributed by atoms with Crippen LogP contribution in [0.25, 0.3) is 0 Å². The van der Waals surface area contributed by atoms with Crippen molar-refractivity contribution >= 4 is 23.7 Å². The molecule has 1 aromatic rings. The van der Waals surface area contributed by atoms with Crippen molar-refractivity contribution in [1.82, 2.24) is 5.32 Å². The molecule has 0 unspecified atom stereocenters. The smallest absolute Gasteiger partial charge is 0.251 e. The van der Waals surface area contributed by atoms with Gasteiger partial charge in [-0.3, -0.25) is 4.79 Å². The molecular weight excluding hydrogens is 204 g/mol. The number of nitrogens with zero attached hydrogens (tertiary/aromatic N) is 1. The SMILES string of the molecule is CNC(=O)c1cc(Cl)ccc1/C=N/O. The van der Waals surface area contributed by atoms with Gasteiger partial charge in [0.1, 0.15) is 0 Å². The third kappa shape index (κ3) is 2.23. The van der Waals surface area contributed by atoms with Gasteiger partial charge in [-0.1, -0.05) is 22.8 Å². The van der Waals surface area contributed by atoms with Crippen molar-refractivity contribution in [3.8, 4) is 0 Å². The van der Waals surface area contributed by atoms with Gasteiger partial charge in [0.05, 0.1) is 6.21 Å². The fourth-order valence-electron chi connectivity index (χ4n) is 1.03. The van der Waals surface area contributed by atoms with Crippen LogP contribution in [0.15, 0.2) is 23.4 Å². The largest absolute Gasteiger partial charge is 0.411 e. The maximum atomic E-state index is 11.3. The van der Waals surface area contributed by atoms with Crippen LogP contribution in [0.4, 0.5) is 0 Å². The molecule has 0 saturated heterocycles. The van der Waals surface area contributed by atoms with Crippen molar-refractivity contribution in [2.45, 2.75) is 0 Å². The number of benzene rings is 1. The number of hydrogen-bond donors (Lipinski definition) is 2. The molecule has 14 heavy (non-hydrogen) atoms. The molecule has 4 nitrogen and oxygen atoms in total. The van der Waals surface area contributed by atoms with Gasteiger partial charge in [-0.2, -0.15) is 0 Å². The lowest BCUT2D eigenvalue weighted by molar-refractivity contribution is 0.0963. The highest BCUT2D eigenvalue weighted by molar-refractivity contribution is 6.31. The Labute approximate surface area is 86.2 Å². The lowest BCUT2D eigenvalue weighted by Gasteiger charge is -2.03. The molecule has 1 amide bonds. The van der Waals surface area contributed by atoms with Gasteiger partial charge in [-0.15, -0.1) is 0 Å². The second-order valence-corrected chi connectivity index (χ2v) is 2.99. The van der Waals surface area contributed by atoms with Gasteiger partial charge in [0.2, 0.25) is 0 Å². The van der Waals surface area contributed by atoms with E-state index in [1.165, 1.54) is 19.3 Å². The van der Waals surface area contributed by atoms with Crippen LogP contribution in [0.2, 0.25) is 5.02 Å². The van der Waals surface area contributed by atoms with Gasteiger partial charge < -0.3 is 10.5 Å². The number of amides is 1. The van der Waals surface area contributed by atoms with E-state index in [1.807, 2.05) is 0 Å². The van der Waals surface area contributed by atoms with Gasteiger partial charge in [0.15, 0.2) is 0 Å². The highest BCUT2D eigenvalue weighted by Crippen LogP contribution is 2.14. The molecule has 74 valence electrons. The van der Waals surface area contributed by atoms with Crippen molar-refractivity contribution in [2.75, 3.05) is 7.05 Å². The molecule has 0 spiro atoms. The molecule has 0 saturated carbocycles. The summed E-state index contributed by atoms with van der Waals surface area (Å²) in [7, 11) is 1.52. The molecule has 0 radical (unpaired) electrons. The van der Waals surface area contributed by atoms with E-state index in [4.69, 9.17) is 16.8 Å². The Balaban J connectivity index is 3.22. The van der Waals surface area contributed by atoms with Crippen LogP contribution in [0.3, 0.4) is 0 Å². The second-order valence-electron chi connectivity index (χ2n) is 2.56. The summed E-state index contributed by atoms with van der Waals surface area (Å²) in [5.74, 6) is -0.276. The number of halogens is 1. The maximum Gasteiger partial charge on any atom is 0.251 e. The van der Waals surface area contributed by atoms with Gasteiger partial charge in [0.25, 0.3) is 5.91 Å². The molecular formula is C9H9ClN2O2. The van der Waals surface area contributed by atoms with E-state index >= 15 is 0 Å². The summed E-state index contributed by atoms with van der Waals surface area (Å²) >= 11 is 5.73. The molecule has 0 aliphatic rings. The first-order valence-corrected chi connectivity index (χ1v) is 4.26. The van der Waals surface area contributed by atoms with Crippen molar-refractivity contribution in [1.29, 1.82) is 0 Å². The maximum absolute atomic E-state index is 11.3. The van der Waals surface area contributed by atoms with Crippen molar-refractivity contribution in [2.24, 2.45) is 5.16 Å². The van der Waals surface area contributed by atoms with E-state index in [9.17, 15) is 4.79 Å². The molecule has 1 aromatic carbocycles. The average molecular weight is 213 g/mol. The van der Waals surface area contributed by atoms with E-state index in [0.717, 1.165) is 0 Å². The second kappa shape index (κ2) is 4.62. The topological polar surface area (TPSA) is 61.7 Å². The molecule has 0 atom stereocenters. The quantitative estimate of drug-likeness (QED) is 0.444. The first-order chi connectivity index (χ1) is 6.69. The van der Waals surface area contributed by atoms with Gasteiger partial charge in [0, 0.05) is 23.2 Å². The van der Waals surface area contributed by atoms with Crippen LogP contribution >= 0.6 is 11.6 Å². The molecule has 5 heteroatoms. The van der Waals surface area contributed by atoms with Crippen molar-refractivity contribution in [3.05, 3.63) is 34.3 Å². The average Bonchev–Trinajstić information content (AvgIpc) is 2.20. The monoisotopic (exact) mass is 212 g/mol. The van der Waals surface area contributed by atoms with Crippen LogP contribution in [-0.4, -0.2) is 24.4 Å². The summed E-state index contributed by atoms with van der Waals surface area (Å²) in [6.45, 7) is 0. The molecule has 1 rings (SSSR count). The minimum Gasteiger partial charge on any atom is -0.411 e. The predicted molar refractivity (Wildman–Crippen MR) is 54.2 cm³/mol. The zero-order valence-electron chi connectivity index (χ0n) is 7.49. The summed E-state index contributed by atoms with van der Waals surface area (Å²) in [5, 5.41) is 14.2. The number of rotatable bonds is 2. The molecule has 0 aromatic heterocycles. The number of hydrogen-bond acceptors (Lipinski definition) is 3. The zero-order chi connectivity index (χ0) is 10.6. The third-order valence-electron chi connectivity index (χ3n) is 1.68. The Kier molecular flexibility index (Phi) is 3.48. The summed E-state index contributed by atoms with van der Waals surface area (Å²) in [6.07, 6.45) is 1.18. The first kappa shape index (κ1) is 10.5. The Morgan fingerprint density at radius 2 is 2.36 bits per heavy atom. The van der Waals surface area contributed by atoms with E-state index < -0.39 is 0 Å². The Morgan fingerprint density at radius 3 is 2.93 bits per heavy atom. The molecule has 0 heterocycles. The molecule has 0 bridgehead atoms. The molecule has 0 aliphatic carbocycles. The number of carbonyl (C=O) groups excluding carboxylic acids is 1. The van der Waals surface area contributed by atoms with Crippen LogP contribution in [0.1, 0.15) is 15.9 Å². The minimum atomic E-state index is -0.276. The normalized spacial score (nSPS) is 10.4. The third-order valence-corrected chi connectivity index (χ3v) is 1.92. The standard InChI is InChI=1S/C9H9ClN2O2/c1-11-9(13)8-4-7(10)3-2-6(8)5-12-14/h2-5,14H,1H3,(H,11,13)/b12-5+. The molecule has 0 fully saturated rings. The van der Waals surface area contributed by atoms with Crippen LogP contribution in [0, 0.1) is 0 Å². The number of carbonyl (C=O) groups is 1. The lowest BCUT2D eigenvalue weighted by atomic mass is 10.1. The summed E-state index contributed by atoms with van der Waals surface area (Å²) in [5.41, 5.74) is 0.883. The Morgan fingerprint density at radius 1 is 1.64 bits per heavy atom.